The molecular formula is C18H23F3O3S2. The molecule has 0 amide bonds. The van der Waals surface area contributed by atoms with Crippen LogP contribution in [0.1, 0.15) is 27.7 Å². The molecule has 26 heavy (non-hydrogen) atoms. The molecule has 0 N–H and O–H groups in total. The van der Waals surface area contributed by atoms with Crippen molar-refractivity contribution < 1.29 is 26.3 Å². The Kier molecular flexibility index (Phi) is 7.21. The van der Waals surface area contributed by atoms with Gasteiger partial charge in [0, 0.05) is 6.61 Å². The Hall–Kier alpha value is -1.21. The zero-order chi connectivity index (χ0) is 20.2. The number of thioether (sulfide) groups is 1. The zero-order valence-corrected chi connectivity index (χ0v) is 17.0. The van der Waals surface area contributed by atoms with Gasteiger partial charge < -0.3 is 4.74 Å². The van der Waals surface area contributed by atoms with Crippen LogP contribution in [0.3, 0.4) is 0 Å². The third kappa shape index (κ3) is 4.94. The molecule has 0 saturated heterocycles. The fraction of sp³-hybridized carbons (Fsp3) is 0.500. The number of hydrogen-bond donors (Lipinski definition) is 0. The molecule has 0 heterocycles. The monoisotopic (exact) mass is 408 g/mol. The Balaban J connectivity index is 3.91. The van der Waals surface area contributed by atoms with Gasteiger partial charge in [0.25, 0.3) is 4.93 Å². The van der Waals surface area contributed by atoms with Crippen molar-refractivity contribution >= 4 is 21.6 Å². The summed E-state index contributed by atoms with van der Waals surface area (Å²) in [7, 11) is -4.49. The highest BCUT2D eigenvalue weighted by atomic mass is 32.2. The molecule has 0 radical (unpaired) electrons. The molecule has 1 atom stereocenters. The number of benzene rings is 1. The minimum Gasteiger partial charge on any atom is -0.351 e. The van der Waals surface area contributed by atoms with E-state index in [-0.39, 0.29) is 23.3 Å². The van der Waals surface area contributed by atoms with Crippen molar-refractivity contribution in [3.63, 3.8) is 0 Å². The van der Waals surface area contributed by atoms with Gasteiger partial charge in [-0.3, -0.25) is 0 Å². The van der Waals surface area contributed by atoms with Gasteiger partial charge in [0.2, 0.25) is 9.84 Å². The lowest BCUT2D eigenvalue weighted by Gasteiger charge is -2.34. The Morgan fingerprint density at radius 3 is 2.12 bits per heavy atom. The predicted molar refractivity (Wildman–Crippen MR) is 98.6 cm³/mol. The minimum absolute atomic E-state index is 0.243. The van der Waals surface area contributed by atoms with Gasteiger partial charge in [-0.15, -0.1) is 17.5 Å². The minimum atomic E-state index is -4.96. The van der Waals surface area contributed by atoms with Crippen LogP contribution in [0.5, 0.6) is 0 Å². The van der Waals surface area contributed by atoms with E-state index >= 15 is 0 Å². The van der Waals surface area contributed by atoms with Crippen LogP contribution >= 0.6 is 11.8 Å². The molecule has 0 saturated carbocycles. The summed E-state index contributed by atoms with van der Waals surface area (Å²) in [5.74, 6) is 0. The maximum atomic E-state index is 14.0. The van der Waals surface area contributed by atoms with Crippen LogP contribution in [0.15, 0.2) is 51.9 Å². The highest BCUT2D eigenvalue weighted by Gasteiger charge is 2.62. The predicted octanol–water partition coefficient (Wildman–Crippen LogP) is 5.20. The van der Waals surface area contributed by atoms with Crippen LogP contribution in [0.2, 0.25) is 0 Å². The van der Waals surface area contributed by atoms with E-state index in [4.69, 9.17) is 4.74 Å². The van der Waals surface area contributed by atoms with Crippen molar-refractivity contribution in [1.29, 1.82) is 0 Å². The average molecular weight is 409 g/mol. The van der Waals surface area contributed by atoms with Crippen LogP contribution in [0.25, 0.3) is 0 Å². The molecule has 146 valence electrons. The fourth-order valence-corrected chi connectivity index (χ4v) is 4.88. The summed E-state index contributed by atoms with van der Waals surface area (Å²) in [6.45, 7) is 6.29. The standard InChI is InChI=1S/C18H23F3O3S2/c1-6-24-17(25-5,18(19,20)21)15(12-13-16(2,3)4)26(22,23)14-10-8-7-9-11-14/h7-11,13H,6H2,1-5H3. The molecule has 0 aliphatic rings. The van der Waals surface area contributed by atoms with Gasteiger partial charge in [0.1, 0.15) is 4.91 Å². The lowest BCUT2D eigenvalue weighted by atomic mass is 9.97. The van der Waals surface area contributed by atoms with E-state index in [1.807, 2.05) is 0 Å². The van der Waals surface area contributed by atoms with E-state index in [1.54, 1.807) is 26.8 Å². The third-order valence-electron chi connectivity index (χ3n) is 3.27. The van der Waals surface area contributed by atoms with Crippen molar-refractivity contribution in [3.05, 3.63) is 47.0 Å². The second-order valence-corrected chi connectivity index (χ2v) is 9.42. The Morgan fingerprint density at radius 1 is 1.19 bits per heavy atom. The molecule has 8 heteroatoms. The number of ether oxygens (including phenoxy) is 1. The lowest BCUT2D eigenvalue weighted by molar-refractivity contribution is -0.219. The number of rotatable bonds is 6. The van der Waals surface area contributed by atoms with Crippen LogP contribution in [-0.2, 0) is 14.6 Å². The summed E-state index contributed by atoms with van der Waals surface area (Å²) in [5.41, 5.74) is 1.85. The van der Waals surface area contributed by atoms with Crippen molar-refractivity contribution in [2.75, 3.05) is 12.9 Å². The second kappa shape index (κ2) is 8.21. The molecule has 3 nitrogen and oxygen atoms in total. The summed E-state index contributed by atoms with van der Waals surface area (Å²) >= 11 is 0.283. The van der Waals surface area contributed by atoms with E-state index in [9.17, 15) is 21.6 Å². The maximum absolute atomic E-state index is 14.0. The summed E-state index contributed by atoms with van der Waals surface area (Å²) in [5, 5.41) is 0. The molecule has 0 aromatic heterocycles. The van der Waals surface area contributed by atoms with E-state index in [0.29, 0.717) is 0 Å². The van der Waals surface area contributed by atoms with Gasteiger partial charge in [0.05, 0.1) is 4.90 Å². The smallest absolute Gasteiger partial charge is 0.351 e. The van der Waals surface area contributed by atoms with Gasteiger partial charge in [-0.25, -0.2) is 8.42 Å². The van der Waals surface area contributed by atoms with E-state index in [1.165, 1.54) is 43.5 Å². The van der Waals surface area contributed by atoms with Crippen molar-refractivity contribution in [1.82, 2.24) is 0 Å². The SMILES string of the molecule is CCOC(SC)(C(=C=CC(C)(C)C)S(=O)(=O)c1ccccc1)C(F)(F)F. The molecule has 1 aromatic carbocycles. The number of halogens is 3. The van der Waals surface area contributed by atoms with E-state index in [2.05, 4.69) is 5.73 Å². The van der Waals surface area contributed by atoms with Crippen LogP contribution in [-0.4, -0.2) is 32.4 Å². The van der Waals surface area contributed by atoms with Gasteiger partial charge in [-0.05, 0) is 36.8 Å². The van der Waals surface area contributed by atoms with Gasteiger partial charge in [-0.2, -0.15) is 13.2 Å². The Morgan fingerprint density at radius 2 is 1.73 bits per heavy atom. The number of hydrogen-bond acceptors (Lipinski definition) is 4. The molecular weight excluding hydrogens is 385 g/mol. The zero-order valence-electron chi connectivity index (χ0n) is 15.3. The normalized spacial score (nSPS) is 15.1. The highest BCUT2D eigenvalue weighted by molar-refractivity contribution is 8.02. The molecule has 0 aliphatic heterocycles. The first-order valence-electron chi connectivity index (χ1n) is 7.86. The molecule has 0 spiro atoms. The van der Waals surface area contributed by atoms with E-state index in [0.717, 1.165) is 0 Å². The first kappa shape index (κ1) is 22.8. The quantitative estimate of drug-likeness (QED) is 0.479. The van der Waals surface area contributed by atoms with Crippen LogP contribution in [0, 0.1) is 5.41 Å². The maximum Gasteiger partial charge on any atom is 0.432 e. The average Bonchev–Trinajstić information content (AvgIpc) is 2.52. The van der Waals surface area contributed by atoms with Crippen LogP contribution in [0.4, 0.5) is 13.2 Å². The third-order valence-corrected chi connectivity index (χ3v) is 6.36. The summed E-state index contributed by atoms with van der Waals surface area (Å²) in [6.07, 6.45) is -2.47. The van der Waals surface area contributed by atoms with Crippen molar-refractivity contribution in [2.45, 2.75) is 43.7 Å². The molecule has 1 aromatic rings. The topological polar surface area (TPSA) is 43.4 Å². The van der Waals surface area contributed by atoms with Gasteiger partial charge in [0.15, 0.2) is 0 Å². The first-order valence-corrected chi connectivity index (χ1v) is 10.6. The fourth-order valence-electron chi connectivity index (χ4n) is 2.10. The molecule has 0 bridgehead atoms. The van der Waals surface area contributed by atoms with Crippen molar-refractivity contribution in [3.8, 4) is 0 Å². The summed E-state index contributed by atoms with van der Waals surface area (Å²) in [4.78, 5) is -4.24. The lowest BCUT2D eigenvalue weighted by Crippen LogP contribution is -2.48. The Bertz CT molecular complexity index is 772. The molecule has 0 aliphatic carbocycles. The first-order chi connectivity index (χ1) is 11.8. The largest absolute Gasteiger partial charge is 0.432 e. The van der Waals surface area contributed by atoms with Crippen molar-refractivity contribution in [2.24, 2.45) is 5.41 Å². The highest BCUT2D eigenvalue weighted by Crippen LogP contribution is 2.49. The summed E-state index contributed by atoms with van der Waals surface area (Å²) in [6, 6.07) is 6.99. The molecule has 1 unspecified atom stereocenters. The van der Waals surface area contributed by atoms with E-state index < -0.39 is 31.3 Å². The summed E-state index contributed by atoms with van der Waals surface area (Å²) < 4.78 is 73.1. The molecule has 0 fully saturated rings. The Labute approximate surface area is 157 Å². The molecule has 1 rings (SSSR count). The van der Waals surface area contributed by atoms with Gasteiger partial charge >= 0.3 is 6.18 Å². The number of sulfone groups is 1. The second-order valence-electron chi connectivity index (χ2n) is 6.55. The van der Waals surface area contributed by atoms with Crippen LogP contribution < -0.4 is 0 Å². The van der Waals surface area contributed by atoms with Gasteiger partial charge in [-0.1, -0.05) is 39.0 Å². The number of alkyl halides is 3.